The molecule has 0 bridgehead atoms. The van der Waals surface area contributed by atoms with Gasteiger partial charge in [-0.05, 0) is 59.7 Å². The molecule has 0 radical (unpaired) electrons. The first-order valence-electron chi connectivity index (χ1n) is 9.48. The minimum Gasteiger partial charge on any atom is -0.368 e. The first kappa shape index (κ1) is 25.6. The second kappa shape index (κ2) is 9.69. The van der Waals surface area contributed by atoms with E-state index in [1.54, 1.807) is 0 Å². The van der Waals surface area contributed by atoms with E-state index in [9.17, 15) is 35.2 Å². The zero-order valence-corrected chi connectivity index (χ0v) is 18.6. The van der Waals surface area contributed by atoms with Crippen LogP contribution in [0.1, 0.15) is 22.7 Å². The van der Waals surface area contributed by atoms with Gasteiger partial charge >= 0.3 is 6.18 Å². The van der Waals surface area contributed by atoms with E-state index in [4.69, 9.17) is 17.3 Å². The van der Waals surface area contributed by atoms with Crippen molar-refractivity contribution in [2.75, 3.05) is 0 Å². The van der Waals surface area contributed by atoms with Crippen LogP contribution in [0.25, 0.3) is 0 Å². The van der Waals surface area contributed by atoms with Crippen LogP contribution < -0.4 is 5.73 Å². The summed E-state index contributed by atoms with van der Waals surface area (Å²) in [6.45, 7) is -0.630. The molecule has 180 valence electrons. The standard InChI is InChI=1S/C22H16ClF5N2O3S/c23-16-5-7-19(8-6-16)34(32,33)30(12-13-1-3-15(4-2-13)22(26,27)28)20(21(29)31)14-9-17(24)11-18(25)10-14/h1-11,20H,12H2,(H2,29,31). The summed E-state index contributed by atoms with van der Waals surface area (Å²) in [6, 6.07) is 8.48. The fourth-order valence-electron chi connectivity index (χ4n) is 3.24. The van der Waals surface area contributed by atoms with Crippen molar-refractivity contribution in [2.45, 2.75) is 23.7 Å². The van der Waals surface area contributed by atoms with Gasteiger partial charge in [0.1, 0.15) is 17.7 Å². The molecule has 0 heterocycles. The fourth-order valence-corrected chi connectivity index (χ4v) is 4.94. The summed E-state index contributed by atoms with van der Waals surface area (Å²) in [5.41, 5.74) is 4.14. The van der Waals surface area contributed by atoms with Gasteiger partial charge in [0.25, 0.3) is 0 Å². The number of carbonyl (C=O) groups excluding carboxylic acids is 1. The summed E-state index contributed by atoms with van der Waals surface area (Å²) in [5, 5.41) is 0.215. The third-order valence-corrected chi connectivity index (χ3v) is 6.88. The molecule has 3 aromatic rings. The van der Waals surface area contributed by atoms with Crippen molar-refractivity contribution >= 4 is 27.5 Å². The van der Waals surface area contributed by atoms with E-state index in [0.717, 1.165) is 48.5 Å². The van der Waals surface area contributed by atoms with Crippen LogP contribution in [-0.2, 0) is 27.5 Å². The Morgan fingerprint density at radius 1 is 0.941 bits per heavy atom. The number of rotatable bonds is 7. The summed E-state index contributed by atoms with van der Waals surface area (Å²) >= 11 is 5.81. The van der Waals surface area contributed by atoms with Crippen molar-refractivity contribution < 1.29 is 35.2 Å². The van der Waals surface area contributed by atoms with Crippen LogP contribution in [0, 0.1) is 11.6 Å². The van der Waals surface area contributed by atoms with Gasteiger partial charge < -0.3 is 5.73 Å². The van der Waals surface area contributed by atoms with Gasteiger partial charge in [0.15, 0.2) is 0 Å². The Balaban J connectivity index is 2.15. The molecule has 12 heteroatoms. The van der Waals surface area contributed by atoms with Crippen molar-refractivity contribution in [1.29, 1.82) is 0 Å². The van der Waals surface area contributed by atoms with Gasteiger partial charge in [0.05, 0.1) is 10.5 Å². The van der Waals surface area contributed by atoms with Gasteiger partial charge in [0, 0.05) is 17.6 Å². The third kappa shape index (κ3) is 5.72. The average Bonchev–Trinajstić information content (AvgIpc) is 2.72. The van der Waals surface area contributed by atoms with E-state index in [1.165, 1.54) is 12.1 Å². The van der Waals surface area contributed by atoms with Crippen molar-refractivity contribution in [1.82, 2.24) is 4.31 Å². The van der Waals surface area contributed by atoms with Gasteiger partial charge in [-0.1, -0.05) is 23.7 Å². The predicted molar refractivity (Wildman–Crippen MR) is 114 cm³/mol. The SMILES string of the molecule is NC(=O)C(c1cc(F)cc(F)c1)N(Cc1ccc(C(F)(F)F)cc1)S(=O)(=O)c1ccc(Cl)cc1. The first-order valence-corrected chi connectivity index (χ1v) is 11.3. The van der Waals surface area contributed by atoms with Crippen LogP contribution in [-0.4, -0.2) is 18.6 Å². The van der Waals surface area contributed by atoms with Crippen LogP contribution in [0.5, 0.6) is 0 Å². The molecule has 0 fully saturated rings. The number of alkyl halides is 3. The number of primary amides is 1. The van der Waals surface area contributed by atoms with E-state index in [2.05, 4.69) is 0 Å². The number of halogens is 6. The van der Waals surface area contributed by atoms with Gasteiger partial charge in [-0.15, -0.1) is 0 Å². The van der Waals surface area contributed by atoms with Crippen molar-refractivity contribution in [2.24, 2.45) is 5.73 Å². The normalized spacial score (nSPS) is 13.1. The predicted octanol–water partition coefficient (Wildman–Crippen LogP) is 5.05. The number of nitrogens with zero attached hydrogens (tertiary/aromatic N) is 1. The highest BCUT2D eigenvalue weighted by Crippen LogP contribution is 2.33. The van der Waals surface area contributed by atoms with Gasteiger partial charge in [-0.25, -0.2) is 17.2 Å². The topological polar surface area (TPSA) is 80.5 Å². The van der Waals surface area contributed by atoms with E-state index < -0.39 is 57.5 Å². The highest BCUT2D eigenvalue weighted by atomic mass is 35.5. The highest BCUT2D eigenvalue weighted by molar-refractivity contribution is 7.89. The zero-order chi connectivity index (χ0) is 25.3. The molecule has 0 aliphatic rings. The molecule has 1 amide bonds. The monoisotopic (exact) mass is 518 g/mol. The lowest BCUT2D eigenvalue weighted by atomic mass is 10.0. The number of benzene rings is 3. The van der Waals surface area contributed by atoms with E-state index in [0.29, 0.717) is 10.4 Å². The molecular weight excluding hydrogens is 503 g/mol. The van der Waals surface area contributed by atoms with Crippen LogP contribution in [0.4, 0.5) is 22.0 Å². The minimum atomic E-state index is -4.62. The van der Waals surface area contributed by atoms with Crippen LogP contribution in [0.2, 0.25) is 5.02 Å². The molecule has 0 saturated carbocycles. The minimum absolute atomic E-state index is 0.0636. The van der Waals surface area contributed by atoms with Crippen molar-refractivity contribution in [3.05, 3.63) is 100 Å². The third-order valence-electron chi connectivity index (χ3n) is 4.80. The summed E-state index contributed by atoms with van der Waals surface area (Å²) in [5.74, 6) is -3.42. The van der Waals surface area contributed by atoms with Gasteiger partial charge in [-0.2, -0.15) is 17.5 Å². The maximum atomic E-state index is 13.9. The van der Waals surface area contributed by atoms with Gasteiger partial charge in [0.2, 0.25) is 15.9 Å². The molecule has 0 saturated heterocycles. The Labute approximate surface area is 196 Å². The number of sulfonamides is 1. The molecule has 34 heavy (non-hydrogen) atoms. The lowest BCUT2D eigenvalue weighted by molar-refractivity contribution is -0.137. The Kier molecular flexibility index (Phi) is 7.29. The molecule has 0 spiro atoms. The number of hydrogen-bond acceptors (Lipinski definition) is 3. The smallest absolute Gasteiger partial charge is 0.368 e. The molecule has 0 aliphatic heterocycles. The highest BCUT2D eigenvalue weighted by Gasteiger charge is 2.37. The van der Waals surface area contributed by atoms with Crippen LogP contribution >= 0.6 is 11.6 Å². The molecule has 0 aliphatic carbocycles. The lowest BCUT2D eigenvalue weighted by Crippen LogP contribution is -2.41. The Bertz CT molecular complexity index is 1280. The maximum absolute atomic E-state index is 13.9. The lowest BCUT2D eigenvalue weighted by Gasteiger charge is -2.29. The second-order valence-electron chi connectivity index (χ2n) is 7.21. The molecule has 5 nitrogen and oxygen atoms in total. The largest absolute Gasteiger partial charge is 0.416 e. The fraction of sp³-hybridized carbons (Fsp3) is 0.136. The molecule has 3 aromatic carbocycles. The molecule has 0 aromatic heterocycles. The number of nitrogens with two attached hydrogens (primary N) is 1. The van der Waals surface area contributed by atoms with Gasteiger partial charge in [-0.3, -0.25) is 4.79 Å². The number of hydrogen-bond donors (Lipinski definition) is 1. The van der Waals surface area contributed by atoms with Crippen molar-refractivity contribution in [3.63, 3.8) is 0 Å². The Morgan fingerprint density at radius 3 is 1.94 bits per heavy atom. The van der Waals surface area contributed by atoms with E-state index in [1.807, 2.05) is 0 Å². The molecule has 1 atom stereocenters. The Hall–Kier alpha value is -3.02. The number of carbonyl (C=O) groups is 1. The van der Waals surface area contributed by atoms with E-state index >= 15 is 0 Å². The van der Waals surface area contributed by atoms with Crippen LogP contribution in [0.3, 0.4) is 0 Å². The summed E-state index contributed by atoms with van der Waals surface area (Å²) in [7, 11) is -4.57. The quantitative estimate of drug-likeness (QED) is 0.444. The zero-order valence-electron chi connectivity index (χ0n) is 17.1. The first-order chi connectivity index (χ1) is 15.8. The molecule has 3 rings (SSSR count). The second-order valence-corrected chi connectivity index (χ2v) is 9.53. The Morgan fingerprint density at radius 2 is 1.47 bits per heavy atom. The average molecular weight is 519 g/mol. The summed E-state index contributed by atoms with van der Waals surface area (Å²) in [6.07, 6.45) is -4.62. The van der Waals surface area contributed by atoms with E-state index in [-0.39, 0.29) is 15.5 Å². The maximum Gasteiger partial charge on any atom is 0.416 e. The molecule has 1 unspecified atom stereocenters. The summed E-state index contributed by atoms with van der Waals surface area (Å²) in [4.78, 5) is 12.0. The molecule has 2 N–H and O–H groups in total. The number of amides is 1. The van der Waals surface area contributed by atoms with Crippen LogP contribution in [0.15, 0.2) is 71.6 Å². The molecular formula is C22H16ClF5N2O3S. The van der Waals surface area contributed by atoms with Crippen molar-refractivity contribution in [3.8, 4) is 0 Å². The summed E-state index contributed by atoms with van der Waals surface area (Å²) < 4.78 is 94.0.